The summed E-state index contributed by atoms with van der Waals surface area (Å²) in [6, 6.07) is 0. The highest BCUT2D eigenvalue weighted by molar-refractivity contribution is 5.82. The highest BCUT2D eigenvalue weighted by atomic mass is 16.7. The average molecular weight is 603 g/mol. The molecule has 0 radical (unpaired) electrons. The van der Waals surface area contributed by atoms with E-state index in [4.69, 9.17) is 23.7 Å². The third-order valence-electron chi connectivity index (χ3n) is 10.9. The molecule has 0 unspecified atom stereocenters. The summed E-state index contributed by atoms with van der Waals surface area (Å²) in [6.07, 6.45) is -3.40. The Balaban J connectivity index is 2.62. The topological polar surface area (TPSA) is 141 Å². The van der Waals surface area contributed by atoms with E-state index in [1.165, 1.54) is 14.0 Å². The van der Waals surface area contributed by atoms with E-state index in [2.05, 4.69) is 0 Å². The maximum atomic E-state index is 13.8. The molecule has 3 N–H and O–H groups in total. The van der Waals surface area contributed by atoms with Gasteiger partial charge >= 0.3 is 5.97 Å². The molecule has 2 heterocycles. The number of hydrogen-bond acceptors (Lipinski definition) is 10. The minimum absolute atomic E-state index is 0.0874. The van der Waals surface area contributed by atoms with Crippen molar-refractivity contribution < 1.29 is 48.6 Å². The van der Waals surface area contributed by atoms with E-state index in [9.17, 15) is 24.9 Å². The Morgan fingerprint density at radius 2 is 1.50 bits per heavy atom. The van der Waals surface area contributed by atoms with Gasteiger partial charge in [-0.15, -0.1) is 0 Å². The summed E-state index contributed by atoms with van der Waals surface area (Å²) < 4.78 is 30.3. The van der Waals surface area contributed by atoms with Crippen molar-refractivity contribution >= 4 is 11.8 Å². The van der Waals surface area contributed by atoms with Crippen molar-refractivity contribution in [2.24, 2.45) is 23.7 Å². The van der Waals surface area contributed by atoms with Crippen LogP contribution in [0.15, 0.2) is 0 Å². The van der Waals surface area contributed by atoms with Gasteiger partial charge in [-0.2, -0.15) is 0 Å². The van der Waals surface area contributed by atoms with Gasteiger partial charge in [-0.1, -0.05) is 34.6 Å². The lowest BCUT2D eigenvalue weighted by molar-refractivity contribution is -0.298. The van der Waals surface area contributed by atoms with Crippen molar-refractivity contribution in [3.8, 4) is 0 Å². The van der Waals surface area contributed by atoms with Gasteiger partial charge in [0.2, 0.25) is 0 Å². The highest BCUT2D eigenvalue weighted by Crippen LogP contribution is 2.42. The van der Waals surface area contributed by atoms with E-state index in [-0.39, 0.29) is 43.3 Å². The van der Waals surface area contributed by atoms with Crippen LogP contribution in [0.5, 0.6) is 0 Å². The first kappa shape index (κ1) is 37.0. The predicted molar refractivity (Wildman–Crippen MR) is 158 cm³/mol. The van der Waals surface area contributed by atoms with Crippen LogP contribution in [0.3, 0.4) is 0 Å². The summed E-state index contributed by atoms with van der Waals surface area (Å²) in [4.78, 5) is 27.3. The van der Waals surface area contributed by atoms with Crippen LogP contribution >= 0.6 is 0 Å². The molecule has 2 rings (SSSR count). The first-order chi connectivity index (χ1) is 19.3. The summed E-state index contributed by atoms with van der Waals surface area (Å²) in [7, 11) is 3.14. The smallest absolute Gasteiger partial charge is 0.311 e. The van der Waals surface area contributed by atoms with Crippen LogP contribution in [0.25, 0.3) is 0 Å². The van der Waals surface area contributed by atoms with Gasteiger partial charge in [-0.3, -0.25) is 9.59 Å². The predicted octanol–water partition coefficient (Wildman–Crippen LogP) is 3.80. The summed E-state index contributed by atoms with van der Waals surface area (Å²) in [5.41, 5.74) is -5.43. The maximum absolute atomic E-state index is 13.8. The Morgan fingerprint density at radius 3 is 2.00 bits per heavy atom. The largest absolute Gasteiger partial charge is 0.459 e. The van der Waals surface area contributed by atoms with Gasteiger partial charge in [0.25, 0.3) is 0 Å². The second-order valence-electron chi connectivity index (χ2n) is 13.6. The second kappa shape index (κ2) is 13.9. The van der Waals surface area contributed by atoms with Crippen molar-refractivity contribution in [3.63, 3.8) is 0 Å². The SMILES string of the molecule is CC[C@H]1OC(=O)[C@H](C)[C@@H](O[C@H]2C[C@@](C)(OC)[C@@H](O)[C@H](C)O2)[C@H](C)[C@@H](C)[C@](C)(OC)C[C@@H](C)C(=O)C[C@](O)(CC)[C@]1(C)O. The third kappa shape index (κ3) is 7.22. The van der Waals surface area contributed by atoms with Crippen LogP contribution in [0.1, 0.15) is 101 Å². The lowest BCUT2D eigenvalue weighted by Crippen LogP contribution is -2.61. The van der Waals surface area contributed by atoms with Crippen molar-refractivity contribution in [2.75, 3.05) is 14.2 Å². The molecule has 2 aliphatic heterocycles. The summed E-state index contributed by atoms with van der Waals surface area (Å²) in [5.74, 6) is -2.56. The molecule has 0 aromatic rings. The first-order valence-corrected chi connectivity index (χ1v) is 15.5. The van der Waals surface area contributed by atoms with Gasteiger partial charge < -0.3 is 39.0 Å². The number of hydrogen-bond donors (Lipinski definition) is 3. The van der Waals surface area contributed by atoms with Gasteiger partial charge in [0, 0.05) is 33.0 Å². The van der Waals surface area contributed by atoms with Crippen LogP contribution in [0, 0.1) is 23.7 Å². The molecular weight excluding hydrogens is 544 g/mol. The number of carbonyl (C=O) groups excluding carboxylic acids is 2. The molecule has 0 aromatic carbocycles. The molecule has 42 heavy (non-hydrogen) atoms. The van der Waals surface area contributed by atoms with Crippen molar-refractivity contribution in [3.05, 3.63) is 0 Å². The molecule has 2 fully saturated rings. The fourth-order valence-electron chi connectivity index (χ4n) is 6.89. The van der Waals surface area contributed by atoms with E-state index in [0.717, 1.165) is 0 Å². The summed E-state index contributed by atoms with van der Waals surface area (Å²) in [6.45, 7) is 17.9. The van der Waals surface area contributed by atoms with E-state index in [1.54, 1.807) is 41.7 Å². The van der Waals surface area contributed by atoms with Crippen molar-refractivity contribution in [2.45, 2.75) is 154 Å². The highest BCUT2D eigenvalue weighted by Gasteiger charge is 2.54. The average Bonchev–Trinajstić information content (AvgIpc) is 2.94. The monoisotopic (exact) mass is 602 g/mol. The van der Waals surface area contributed by atoms with Crippen LogP contribution in [0.2, 0.25) is 0 Å². The minimum Gasteiger partial charge on any atom is -0.459 e. The number of esters is 1. The van der Waals surface area contributed by atoms with Crippen molar-refractivity contribution in [1.82, 2.24) is 0 Å². The fraction of sp³-hybridized carbons (Fsp3) is 0.938. The maximum Gasteiger partial charge on any atom is 0.311 e. The van der Waals surface area contributed by atoms with E-state index >= 15 is 0 Å². The number of cyclic esters (lactones) is 1. The van der Waals surface area contributed by atoms with E-state index < -0.39 is 70.9 Å². The third-order valence-corrected chi connectivity index (χ3v) is 10.9. The van der Waals surface area contributed by atoms with Gasteiger partial charge in [0.15, 0.2) is 6.29 Å². The molecule has 0 saturated carbocycles. The molecule has 0 spiro atoms. The number of ether oxygens (including phenoxy) is 5. The quantitative estimate of drug-likeness (QED) is 0.385. The Hall–Kier alpha value is -1.14. The Labute approximate surface area is 252 Å². The van der Waals surface area contributed by atoms with E-state index in [1.807, 2.05) is 27.7 Å². The summed E-state index contributed by atoms with van der Waals surface area (Å²) in [5, 5.41) is 34.1. The van der Waals surface area contributed by atoms with Crippen LogP contribution in [-0.4, -0.2) is 94.4 Å². The number of carbonyl (C=O) groups is 2. The van der Waals surface area contributed by atoms with Crippen LogP contribution in [0.4, 0.5) is 0 Å². The molecule has 246 valence electrons. The molecule has 0 aromatic heterocycles. The zero-order chi connectivity index (χ0) is 32.4. The summed E-state index contributed by atoms with van der Waals surface area (Å²) >= 11 is 0. The van der Waals surface area contributed by atoms with Crippen LogP contribution < -0.4 is 0 Å². The minimum atomic E-state index is -1.90. The molecule has 13 atom stereocenters. The number of rotatable bonds is 6. The lowest BCUT2D eigenvalue weighted by atomic mass is 9.69. The molecule has 2 aliphatic rings. The molecule has 10 nitrogen and oxygen atoms in total. The number of Topliss-reactive ketones (excluding diaryl/α,β-unsaturated/α-hetero) is 1. The first-order valence-electron chi connectivity index (χ1n) is 15.5. The van der Waals surface area contributed by atoms with Gasteiger partial charge in [-0.25, -0.2) is 0 Å². The van der Waals surface area contributed by atoms with Gasteiger partial charge in [0.05, 0.1) is 29.3 Å². The molecule has 0 amide bonds. The Morgan fingerprint density at radius 1 is 0.929 bits per heavy atom. The van der Waals surface area contributed by atoms with Gasteiger partial charge in [-0.05, 0) is 65.7 Å². The van der Waals surface area contributed by atoms with Gasteiger partial charge in [0.1, 0.15) is 29.2 Å². The number of aliphatic hydroxyl groups is 3. The van der Waals surface area contributed by atoms with Crippen molar-refractivity contribution in [1.29, 1.82) is 0 Å². The Bertz CT molecular complexity index is 925. The van der Waals surface area contributed by atoms with E-state index in [0.29, 0.717) is 6.42 Å². The standard InChI is InChI=1S/C32H58O10/c1-13-24-31(10,36)32(37,14-2)16-23(33)18(3)15-29(8,38-11)21(6)19(4)26(20(5)28(35)41-24)42-25-17-30(9,39-12)27(34)22(7)40-25/h18-22,24-27,34,36-37H,13-17H2,1-12H3/t18-,19-,20-,21-,22+,24-,25+,26+,27+,29-,30-,31-,32-/m1/s1. The molecule has 0 bridgehead atoms. The molecule has 0 aliphatic carbocycles. The lowest BCUT2D eigenvalue weighted by Gasteiger charge is -2.48. The zero-order valence-corrected chi connectivity index (χ0v) is 27.9. The Kier molecular flexibility index (Phi) is 12.2. The molecular formula is C32H58O10. The second-order valence-corrected chi connectivity index (χ2v) is 13.6. The zero-order valence-electron chi connectivity index (χ0n) is 27.9. The number of aliphatic hydroxyl groups excluding tert-OH is 1. The fourth-order valence-corrected chi connectivity index (χ4v) is 6.89. The number of methoxy groups -OCH3 is 2. The normalized spacial score (nSPS) is 48.4. The van der Waals surface area contributed by atoms with Crippen LogP contribution in [-0.2, 0) is 33.3 Å². The molecule has 10 heteroatoms. The number of ketones is 1. The molecule has 2 saturated heterocycles.